The van der Waals surface area contributed by atoms with Gasteiger partial charge in [-0.1, -0.05) is 0 Å². The van der Waals surface area contributed by atoms with Crippen LogP contribution in [0.5, 0.6) is 0 Å². The lowest BCUT2D eigenvalue weighted by Crippen LogP contribution is -2.38. The van der Waals surface area contributed by atoms with Crippen LogP contribution in [-0.2, 0) is 11.8 Å². The molecule has 0 aliphatic carbocycles. The highest BCUT2D eigenvalue weighted by atomic mass is 16.2. The van der Waals surface area contributed by atoms with Gasteiger partial charge in [-0.2, -0.15) is 5.10 Å². The lowest BCUT2D eigenvalue weighted by atomic mass is 10.1. The summed E-state index contributed by atoms with van der Waals surface area (Å²) < 4.78 is 1.69. The van der Waals surface area contributed by atoms with Crippen molar-refractivity contribution in [3.05, 3.63) is 12.5 Å². The number of aryl methyl sites for hydroxylation is 1. The van der Waals surface area contributed by atoms with Gasteiger partial charge in [-0.3, -0.25) is 9.48 Å². The second-order valence-electron chi connectivity index (χ2n) is 4.71. The van der Waals surface area contributed by atoms with E-state index >= 15 is 0 Å². The number of rotatable bonds is 2. The van der Waals surface area contributed by atoms with Crippen molar-refractivity contribution in [2.75, 3.05) is 11.9 Å². The van der Waals surface area contributed by atoms with Gasteiger partial charge in [0, 0.05) is 13.6 Å². The lowest BCUT2D eigenvalue weighted by Gasteiger charge is -2.15. The first-order chi connectivity index (χ1) is 9.25. The third-order valence-corrected chi connectivity index (χ3v) is 3.38. The fraction of sp³-hybridized carbons (Fsp3) is 0.500. The molecule has 2 aromatic rings. The SMILES string of the molecule is Cn1ncc2c(NC3CCCCNC3=O)ncnc21. The molecule has 1 amide bonds. The molecule has 19 heavy (non-hydrogen) atoms. The fourth-order valence-electron chi connectivity index (χ4n) is 2.32. The Balaban J connectivity index is 1.90. The monoisotopic (exact) mass is 260 g/mol. The molecule has 1 aliphatic heterocycles. The molecule has 0 bridgehead atoms. The molecule has 0 spiro atoms. The first kappa shape index (κ1) is 11.9. The zero-order valence-electron chi connectivity index (χ0n) is 10.8. The summed E-state index contributed by atoms with van der Waals surface area (Å²) in [5, 5.41) is 11.1. The van der Waals surface area contributed by atoms with Gasteiger partial charge >= 0.3 is 0 Å². The Morgan fingerprint density at radius 2 is 2.32 bits per heavy atom. The molecule has 100 valence electrons. The fourth-order valence-corrected chi connectivity index (χ4v) is 2.32. The van der Waals surface area contributed by atoms with Crippen LogP contribution in [0, 0.1) is 0 Å². The smallest absolute Gasteiger partial charge is 0.242 e. The van der Waals surface area contributed by atoms with E-state index < -0.39 is 0 Å². The van der Waals surface area contributed by atoms with E-state index in [0.717, 1.165) is 36.8 Å². The first-order valence-electron chi connectivity index (χ1n) is 6.42. The van der Waals surface area contributed by atoms with Gasteiger partial charge in [0.15, 0.2) is 5.65 Å². The maximum absolute atomic E-state index is 11.9. The summed E-state index contributed by atoms with van der Waals surface area (Å²) in [6.45, 7) is 0.753. The summed E-state index contributed by atoms with van der Waals surface area (Å²) in [7, 11) is 1.83. The van der Waals surface area contributed by atoms with Crippen molar-refractivity contribution < 1.29 is 4.79 Å². The van der Waals surface area contributed by atoms with Crippen LogP contribution < -0.4 is 10.6 Å². The minimum absolute atomic E-state index is 0.0353. The van der Waals surface area contributed by atoms with E-state index in [1.807, 2.05) is 7.05 Å². The highest BCUT2D eigenvalue weighted by molar-refractivity contribution is 5.90. The number of fused-ring (bicyclic) bond motifs is 1. The molecular formula is C12H16N6O. The van der Waals surface area contributed by atoms with Crippen molar-refractivity contribution in [1.82, 2.24) is 25.1 Å². The van der Waals surface area contributed by atoms with Crippen LogP contribution in [0.15, 0.2) is 12.5 Å². The third kappa shape index (κ3) is 2.23. The molecule has 1 unspecified atom stereocenters. The summed E-state index contributed by atoms with van der Waals surface area (Å²) >= 11 is 0. The van der Waals surface area contributed by atoms with Gasteiger partial charge in [0.2, 0.25) is 5.91 Å². The van der Waals surface area contributed by atoms with Crippen LogP contribution in [0.2, 0.25) is 0 Å². The molecule has 0 saturated carbocycles. The Bertz CT molecular complexity index is 607. The highest BCUT2D eigenvalue weighted by Gasteiger charge is 2.21. The van der Waals surface area contributed by atoms with Gasteiger partial charge < -0.3 is 10.6 Å². The molecule has 7 nitrogen and oxygen atoms in total. The molecular weight excluding hydrogens is 244 g/mol. The van der Waals surface area contributed by atoms with Crippen molar-refractivity contribution in [2.45, 2.75) is 25.3 Å². The standard InChI is InChI=1S/C12H16N6O/c1-18-11-8(6-16-18)10(14-7-15-11)17-9-4-2-3-5-13-12(9)19/h6-7,9H,2-5H2,1H3,(H,13,19)(H,14,15,17). The predicted molar refractivity (Wildman–Crippen MR) is 70.6 cm³/mol. The number of nitrogens with zero attached hydrogens (tertiary/aromatic N) is 4. The van der Waals surface area contributed by atoms with Gasteiger partial charge in [0.1, 0.15) is 18.2 Å². The second kappa shape index (κ2) is 4.83. The first-order valence-corrected chi connectivity index (χ1v) is 6.42. The Labute approximate surface area is 110 Å². The summed E-state index contributed by atoms with van der Waals surface area (Å²) in [6.07, 6.45) is 6.07. The molecule has 2 N–H and O–H groups in total. The lowest BCUT2D eigenvalue weighted by molar-refractivity contribution is -0.121. The molecule has 3 rings (SSSR count). The summed E-state index contributed by atoms with van der Waals surface area (Å²) in [5.41, 5.74) is 0.756. The van der Waals surface area contributed by atoms with Crippen molar-refractivity contribution in [2.24, 2.45) is 7.05 Å². The topological polar surface area (TPSA) is 84.7 Å². The van der Waals surface area contributed by atoms with Crippen LogP contribution in [-0.4, -0.2) is 38.2 Å². The Morgan fingerprint density at radius 3 is 3.21 bits per heavy atom. The average molecular weight is 260 g/mol. The molecule has 1 saturated heterocycles. The summed E-state index contributed by atoms with van der Waals surface area (Å²) in [5.74, 6) is 0.702. The van der Waals surface area contributed by atoms with Gasteiger partial charge in [-0.25, -0.2) is 9.97 Å². The average Bonchev–Trinajstić information content (AvgIpc) is 2.67. The van der Waals surface area contributed by atoms with E-state index in [9.17, 15) is 4.79 Å². The summed E-state index contributed by atoms with van der Waals surface area (Å²) in [4.78, 5) is 20.3. The van der Waals surface area contributed by atoms with Crippen LogP contribution in [0.1, 0.15) is 19.3 Å². The van der Waals surface area contributed by atoms with Gasteiger partial charge in [0.25, 0.3) is 0 Å². The molecule has 3 heterocycles. The molecule has 0 radical (unpaired) electrons. The quantitative estimate of drug-likeness (QED) is 0.818. The van der Waals surface area contributed by atoms with E-state index in [2.05, 4.69) is 25.7 Å². The van der Waals surface area contributed by atoms with Crippen molar-refractivity contribution in [3.63, 3.8) is 0 Å². The minimum atomic E-state index is -0.235. The number of hydrogen-bond donors (Lipinski definition) is 2. The van der Waals surface area contributed by atoms with E-state index in [1.54, 1.807) is 10.9 Å². The Kier molecular flexibility index (Phi) is 3.02. The number of carbonyl (C=O) groups is 1. The Hall–Kier alpha value is -2.18. The highest BCUT2D eigenvalue weighted by Crippen LogP contribution is 2.20. The molecule has 2 aromatic heterocycles. The zero-order chi connectivity index (χ0) is 13.2. The van der Waals surface area contributed by atoms with Crippen LogP contribution >= 0.6 is 0 Å². The van der Waals surface area contributed by atoms with Crippen molar-refractivity contribution in [3.8, 4) is 0 Å². The maximum Gasteiger partial charge on any atom is 0.242 e. The second-order valence-corrected chi connectivity index (χ2v) is 4.71. The van der Waals surface area contributed by atoms with Crippen molar-refractivity contribution in [1.29, 1.82) is 0 Å². The number of amides is 1. The third-order valence-electron chi connectivity index (χ3n) is 3.38. The van der Waals surface area contributed by atoms with E-state index in [1.165, 1.54) is 6.33 Å². The van der Waals surface area contributed by atoms with Gasteiger partial charge in [0.05, 0.1) is 11.6 Å². The molecule has 0 aromatic carbocycles. The van der Waals surface area contributed by atoms with E-state index in [4.69, 9.17) is 0 Å². The van der Waals surface area contributed by atoms with Crippen LogP contribution in [0.4, 0.5) is 5.82 Å². The largest absolute Gasteiger partial charge is 0.358 e. The van der Waals surface area contributed by atoms with Crippen LogP contribution in [0.25, 0.3) is 11.0 Å². The summed E-state index contributed by atoms with van der Waals surface area (Å²) in [6, 6.07) is -0.235. The number of aromatic nitrogens is 4. The number of hydrogen-bond acceptors (Lipinski definition) is 5. The van der Waals surface area contributed by atoms with Crippen LogP contribution in [0.3, 0.4) is 0 Å². The van der Waals surface area contributed by atoms with E-state index in [-0.39, 0.29) is 11.9 Å². The maximum atomic E-state index is 11.9. The van der Waals surface area contributed by atoms with E-state index in [0.29, 0.717) is 5.82 Å². The van der Waals surface area contributed by atoms with Gasteiger partial charge in [-0.15, -0.1) is 0 Å². The Morgan fingerprint density at radius 1 is 1.42 bits per heavy atom. The minimum Gasteiger partial charge on any atom is -0.358 e. The molecule has 1 aliphatic rings. The molecule has 7 heteroatoms. The predicted octanol–water partition coefficient (Wildman–Crippen LogP) is 0.444. The molecule has 1 atom stereocenters. The van der Waals surface area contributed by atoms with Crippen molar-refractivity contribution >= 4 is 22.8 Å². The van der Waals surface area contributed by atoms with Gasteiger partial charge in [-0.05, 0) is 19.3 Å². The number of anilines is 1. The number of carbonyl (C=O) groups excluding carboxylic acids is 1. The normalized spacial score (nSPS) is 20.1. The number of nitrogens with one attached hydrogen (secondary N) is 2. The zero-order valence-corrected chi connectivity index (χ0v) is 10.8. The molecule has 1 fully saturated rings.